The fraction of sp³-hybridized carbons (Fsp3) is 0.0833. The van der Waals surface area contributed by atoms with Crippen molar-refractivity contribution >= 4 is 29.0 Å². The first-order valence-electron chi connectivity index (χ1n) is 4.93. The van der Waals surface area contributed by atoms with E-state index in [4.69, 9.17) is 28.9 Å². The summed E-state index contributed by atoms with van der Waals surface area (Å²) >= 11 is 12.2. The Labute approximate surface area is 109 Å². The van der Waals surface area contributed by atoms with Gasteiger partial charge in [0, 0.05) is 27.4 Å². The van der Waals surface area contributed by atoms with Crippen LogP contribution in [0.15, 0.2) is 30.5 Å². The number of aliphatic hydroxyl groups is 1. The van der Waals surface area contributed by atoms with Gasteiger partial charge in [-0.05, 0) is 23.8 Å². The molecule has 0 bridgehead atoms. The summed E-state index contributed by atoms with van der Waals surface area (Å²) in [5.74, 6) is 0.348. The number of nitrogen functional groups attached to an aromatic ring is 1. The molecule has 0 radical (unpaired) electrons. The minimum atomic E-state index is -0.149. The molecule has 3 nitrogen and oxygen atoms in total. The van der Waals surface area contributed by atoms with Gasteiger partial charge in [-0.2, -0.15) is 0 Å². The van der Waals surface area contributed by atoms with Crippen LogP contribution in [0.1, 0.15) is 5.56 Å². The number of nitrogens with two attached hydrogens (primary N) is 1. The number of aliphatic hydroxyl groups excluding tert-OH is 1. The largest absolute Gasteiger partial charge is 0.392 e. The van der Waals surface area contributed by atoms with Gasteiger partial charge in [-0.15, -0.1) is 0 Å². The van der Waals surface area contributed by atoms with Gasteiger partial charge in [0.25, 0.3) is 0 Å². The van der Waals surface area contributed by atoms with Crippen LogP contribution < -0.4 is 5.73 Å². The van der Waals surface area contributed by atoms with Gasteiger partial charge < -0.3 is 10.8 Å². The van der Waals surface area contributed by atoms with Crippen LogP contribution in [0.4, 0.5) is 5.82 Å². The van der Waals surface area contributed by atoms with Crippen LogP contribution in [0.3, 0.4) is 0 Å². The lowest BCUT2D eigenvalue weighted by Crippen LogP contribution is -1.97. The summed E-state index contributed by atoms with van der Waals surface area (Å²) in [6, 6.07) is 6.84. The molecule has 0 spiro atoms. The molecule has 0 atom stereocenters. The summed E-state index contributed by atoms with van der Waals surface area (Å²) in [5.41, 5.74) is 7.57. The van der Waals surface area contributed by atoms with Crippen molar-refractivity contribution in [3.63, 3.8) is 0 Å². The molecule has 0 amide bonds. The van der Waals surface area contributed by atoms with Gasteiger partial charge in [0.1, 0.15) is 5.82 Å². The fourth-order valence-corrected chi connectivity index (χ4v) is 2.23. The minimum Gasteiger partial charge on any atom is -0.392 e. The number of hydrogen-bond acceptors (Lipinski definition) is 3. The second-order valence-corrected chi connectivity index (χ2v) is 4.34. The van der Waals surface area contributed by atoms with Crippen LogP contribution >= 0.6 is 23.2 Å². The fourth-order valence-electron chi connectivity index (χ4n) is 1.63. The van der Waals surface area contributed by atoms with E-state index in [-0.39, 0.29) is 6.61 Å². The maximum Gasteiger partial charge on any atom is 0.123 e. The van der Waals surface area contributed by atoms with Crippen molar-refractivity contribution in [2.75, 3.05) is 5.73 Å². The highest BCUT2D eigenvalue weighted by molar-refractivity contribution is 6.39. The normalized spacial score (nSPS) is 10.5. The van der Waals surface area contributed by atoms with Crippen molar-refractivity contribution < 1.29 is 5.11 Å². The lowest BCUT2D eigenvalue weighted by atomic mass is 10.0. The molecule has 0 fully saturated rings. The van der Waals surface area contributed by atoms with Crippen molar-refractivity contribution in [1.29, 1.82) is 0 Å². The third-order valence-corrected chi connectivity index (χ3v) is 3.04. The van der Waals surface area contributed by atoms with E-state index in [1.54, 1.807) is 30.5 Å². The molecule has 0 saturated heterocycles. The van der Waals surface area contributed by atoms with Crippen LogP contribution in [0.2, 0.25) is 10.0 Å². The Balaban J connectivity index is 2.68. The van der Waals surface area contributed by atoms with Crippen molar-refractivity contribution in [3.8, 4) is 11.1 Å². The number of anilines is 1. The zero-order chi connectivity index (χ0) is 12.4. The summed E-state index contributed by atoms with van der Waals surface area (Å²) in [4.78, 5) is 4.00. The number of hydrogen-bond donors (Lipinski definition) is 2. The zero-order valence-electron chi connectivity index (χ0n) is 8.82. The molecule has 5 heteroatoms. The van der Waals surface area contributed by atoms with E-state index in [1.807, 2.05) is 0 Å². The van der Waals surface area contributed by atoms with E-state index >= 15 is 0 Å². The molecule has 17 heavy (non-hydrogen) atoms. The molecule has 1 aromatic heterocycles. The molecule has 1 heterocycles. The summed E-state index contributed by atoms with van der Waals surface area (Å²) < 4.78 is 0. The summed E-state index contributed by atoms with van der Waals surface area (Å²) in [5, 5.41) is 10.3. The van der Waals surface area contributed by atoms with E-state index in [0.717, 1.165) is 0 Å². The van der Waals surface area contributed by atoms with Crippen LogP contribution in [0.25, 0.3) is 11.1 Å². The van der Waals surface area contributed by atoms with Crippen molar-refractivity contribution in [2.45, 2.75) is 6.61 Å². The average molecular weight is 269 g/mol. The Hall–Kier alpha value is -1.29. The highest BCUT2D eigenvalue weighted by Gasteiger charge is 2.12. The highest BCUT2D eigenvalue weighted by atomic mass is 35.5. The second-order valence-electron chi connectivity index (χ2n) is 3.52. The van der Waals surface area contributed by atoms with Crippen molar-refractivity contribution in [2.24, 2.45) is 0 Å². The molecule has 2 aromatic rings. The molecular weight excluding hydrogens is 259 g/mol. The Morgan fingerprint density at radius 1 is 1.24 bits per heavy atom. The van der Waals surface area contributed by atoms with Crippen LogP contribution in [0, 0.1) is 0 Å². The molecule has 0 saturated carbocycles. The first-order chi connectivity index (χ1) is 8.13. The van der Waals surface area contributed by atoms with Gasteiger partial charge in [-0.3, -0.25) is 0 Å². The highest BCUT2D eigenvalue weighted by Crippen LogP contribution is 2.36. The third kappa shape index (κ3) is 2.36. The monoisotopic (exact) mass is 268 g/mol. The number of rotatable bonds is 2. The van der Waals surface area contributed by atoms with E-state index in [9.17, 15) is 5.11 Å². The molecule has 0 aliphatic rings. The number of halogens is 2. The molecule has 0 unspecified atom stereocenters. The number of pyridine rings is 1. The Bertz CT molecular complexity index is 538. The zero-order valence-corrected chi connectivity index (χ0v) is 10.3. The third-order valence-electron chi connectivity index (χ3n) is 2.41. The van der Waals surface area contributed by atoms with Gasteiger partial charge in [-0.25, -0.2) is 4.98 Å². The van der Waals surface area contributed by atoms with Gasteiger partial charge in [0.15, 0.2) is 0 Å². The van der Waals surface area contributed by atoms with Gasteiger partial charge >= 0.3 is 0 Å². The quantitative estimate of drug-likeness (QED) is 0.880. The molecule has 0 aliphatic heterocycles. The standard InChI is InChI=1S/C12H10Cl2N2O/c13-9-2-1-3-10(14)12(9)8-5-16-11(15)4-7(8)6-17/h1-5,17H,6H2,(H2,15,16). The first-order valence-corrected chi connectivity index (χ1v) is 5.68. The molecule has 0 aliphatic carbocycles. The maximum absolute atomic E-state index is 9.32. The number of benzene rings is 1. The number of aromatic nitrogens is 1. The predicted molar refractivity (Wildman–Crippen MR) is 70.0 cm³/mol. The van der Waals surface area contributed by atoms with Gasteiger partial charge in [0.05, 0.1) is 6.61 Å². The van der Waals surface area contributed by atoms with Crippen LogP contribution in [0.5, 0.6) is 0 Å². The lowest BCUT2D eigenvalue weighted by molar-refractivity contribution is 0.282. The van der Waals surface area contributed by atoms with Crippen molar-refractivity contribution in [1.82, 2.24) is 4.98 Å². The smallest absolute Gasteiger partial charge is 0.123 e. The summed E-state index contributed by atoms with van der Waals surface area (Å²) in [6.45, 7) is -0.149. The summed E-state index contributed by atoms with van der Waals surface area (Å²) in [7, 11) is 0. The Morgan fingerprint density at radius 3 is 2.47 bits per heavy atom. The molecule has 2 rings (SSSR count). The summed E-state index contributed by atoms with van der Waals surface area (Å²) in [6.07, 6.45) is 1.56. The van der Waals surface area contributed by atoms with Crippen LogP contribution in [-0.2, 0) is 6.61 Å². The average Bonchev–Trinajstić information content (AvgIpc) is 2.30. The number of nitrogens with zero attached hydrogens (tertiary/aromatic N) is 1. The Kier molecular flexibility index (Phi) is 3.52. The SMILES string of the molecule is Nc1cc(CO)c(-c2c(Cl)cccc2Cl)cn1. The van der Waals surface area contributed by atoms with Gasteiger partial charge in [0.2, 0.25) is 0 Å². The van der Waals surface area contributed by atoms with E-state index in [2.05, 4.69) is 4.98 Å². The predicted octanol–water partition coefficient (Wildman–Crippen LogP) is 3.13. The maximum atomic E-state index is 9.32. The lowest BCUT2D eigenvalue weighted by Gasteiger charge is -2.11. The second kappa shape index (κ2) is 4.92. The molecule has 88 valence electrons. The van der Waals surface area contributed by atoms with Crippen LogP contribution in [-0.4, -0.2) is 10.1 Å². The topological polar surface area (TPSA) is 59.1 Å². The minimum absolute atomic E-state index is 0.149. The first kappa shape index (κ1) is 12.2. The Morgan fingerprint density at radius 2 is 1.88 bits per heavy atom. The molecular formula is C12H10Cl2N2O. The van der Waals surface area contributed by atoms with Gasteiger partial charge in [-0.1, -0.05) is 29.3 Å². The van der Waals surface area contributed by atoms with E-state index in [0.29, 0.717) is 32.6 Å². The molecule has 3 N–H and O–H groups in total. The van der Waals surface area contributed by atoms with E-state index in [1.165, 1.54) is 0 Å². The van der Waals surface area contributed by atoms with E-state index < -0.39 is 0 Å². The van der Waals surface area contributed by atoms with Crippen molar-refractivity contribution in [3.05, 3.63) is 46.1 Å². The molecule has 1 aromatic carbocycles.